The molecule has 1 atom stereocenters. The van der Waals surface area contributed by atoms with Gasteiger partial charge in [-0.05, 0) is 49.7 Å². The van der Waals surface area contributed by atoms with Crippen LogP contribution in [0, 0.1) is 0 Å². The van der Waals surface area contributed by atoms with E-state index >= 15 is 0 Å². The molecular formula is C22H37NO2S. The lowest BCUT2D eigenvalue weighted by Crippen LogP contribution is -2.34. The highest BCUT2D eigenvalue weighted by atomic mass is 32.1. The number of aryl methyl sites for hydroxylation is 2. The normalized spacial score (nSPS) is 12.1. The van der Waals surface area contributed by atoms with Crippen LogP contribution in [0.5, 0.6) is 0 Å². The van der Waals surface area contributed by atoms with Crippen molar-refractivity contribution in [1.29, 1.82) is 0 Å². The number of hydrogen-bond donors (Lipinski definition) is 2. The van der Waals surface area contributed by atoms with Crippen LogP contribution >= 0.6 is 12.6 Å². The Morgan fingerprint density at radius 3 is 1.96 bits per heavy atom. The molecular weight excluding hydrogens is 342 g/mol. The number of benzene rings is 1. The van der Waals surface area contributed by atoms with Crippen LogP contribution in [-0.4, -0.2) is 24.4 Å². The number of unbranched alkanes of at least 4 members (excludes halogenated alkanes) is 7. The molecule has 4 heteroatoms. The van der Waals surface area contributed by atoms with Crippen molar-refractivity contribution in [3.8, 4) is 0 Å². The van der Waals surface area contributed by atoms with Gasteiger partial charge >= 0.3 is 5.97 Å². The van der Waals surface area contributed by atoms with E-state index in [1.807, 2.05) is 0 Å². The number of ether oxygens (including phenoxy) is 1. The Hall–Kier alpha value is -1.00. The SMILES string of the molecule is CCCCCCCCc1ccc(CCCCCOC(=O)[C@@H](N)CS)cc1. The van der Waals surface area contributed by atoms with Crippen molar-refractivity contribution < 1.29 is 9.53 Å². The Bertz CT molecular complexity index is 476. The third-order valence-electron chi connectivity index (χ3n) is 4.70. The number of nitrogens with two attached hydrogens (primary N) is 1. The smallest absolute Gasteiger partial charge is 0.323 e. The molecule has 148 valence electrons. The van der Waals surface area contributed by atoms with E-state index in [2.05, 4.69) is 43.8 Å². The first kappa shape index (κ1) is 23.0. The molecule has 0 aliphatic rings. The fraction of sp³-hybridized carbons (Fsp3) is 0.682. The highest BCUT2D eigenvalue weighted by Crippen LogP contribution is 2.13. The van der Waals surface area contributed by atoms with Gasteiger partial charge < -0.3 is 10.5 Å². The van der Waals surface area contributed by atoms with Gasteiger partial charge in [-0.1, -0.05) is 63.3 Å². The number of carbonyl (C=O) groups is 1. The summed E-state index contributed by atoms with van der Waals surface area (Å²) in [5.74, 6) is -0.0193. The summed E-state index contributed by atoms with van der Waals surface area (Å²) in [7, 11) is 0. The van der Waals surface area contributed by atoms with E-state index in [9.17, 15) is 4.79 Å². The quantitative estimate of drug-likeness (QED) is 0.253. The number of hydrogen-bond acceptors (Lipinski definition) is 4. The summed E-state index contributed by atoms with van der Waals surface area (Å²) in [4.78, 5) is 11.4. The van der Waals surface area contributed by atoms with Gasteiger partial charge in [-0.3, -0.25) is 4.79 Å². The molecule has 0 unspecified atom stereocenters. The second-order valence-corrected chi connectivity index (χ2v) is 7.47. The first-order valence-corrected chi connectivity index (χ1v) is 10.9. The molecule has 0 aliphatic heterocycles. The number of rotatable bonds is 15. The van der Waals surface area contributed by atoms with Crippen molar-refractivity contribution in [2.45, 2.75) is 83.6 Å². The molecule has 26 heavy (non-hydrogen) atoms. The van der Waals surface area contributed by atoms with Crippen LogP contribution in [0.2, 0.25) is 0 Å². The Balaban J connectivity index is 2.07. The molecule has 0 saturated heterocycles. The van der Waals surface area contributed by atoms with Gasteiger partial charge in [0.1, 0.15) is 6.04 Å². The predicted octanol–water partition coefficient (Wildman–Crippen LogP) is 5.10. The van der Waals surface area contributed by atoms with Gasteiger partial charge in [0.05, 0.1) is 6.61 Å². The van der Waals surface area contributed by atoms with Crippen molar-refractivity contribution in [2.75, 3.05) is 12.4 Å². The molecule has 0 spiro atoms. The van der Waals surface area contributed by atoms with Gasteiger partial charge in [0.2, 0.25) is 0 Å². The molecule has 2 N–H and O–H groups in total. The summed E-state index contributed by atoms with van der Waals surface area (Å²) >= 11 is 3.99. The van der Waals surface area contributed by atoms with Gasteiger partial charge in [0.25, 0.3) is 0 Å². The molecule has 0 aromatic heterocycles. The van der Waals surface area contributed by atoms with Crippen molar-refractivity contribution in [3.05, 3.63) is 35.4 Å². The van der Waals surface area contributed by atoms with E-state index in [0.717, 1.165) is 25.7 Å². The van der Waals surface area contributed by atoms with E-state index in [-0.39, 0.29) is 5.97 Å². The second-order valence-electron chi connectivity index (χ2n) is 7.10. The largest absolute Gasteiger partial charge is 0.465 e. The van der Waals surface area contributed by atoms with E-state index < -0.39 is 6.04 Å². The standard InChI is InChI=1S/C22H37NO2S/c1-2-3-4-5-6-8-11-19-13-15-20(16-14-19)12-9-7-10-17-25-22(24)21(23)18-26/h13-16,21,26H,2-12,17-18,23H2,1H3/t21-/m0/s1. The van der Waals surface area contributed by atoms with Crippen molar-refractivity contribution in [2.24, 2.45) is 5.73 Å². The maximum Gasteiger partial charge on any atom is 0.323 e. The van der Waals surface area contributed by atoms with E-state index in [0.29, 0.717) is 12.4 Å². The highest BCUT2D eigenvalue weighted by molar-refractivity contribution is 7.80. The van der Waals surface area contributed by atoms with Crippen LogP contribution in [0.15, 0.2) is 24.3 Å². The maximum atomic E-state index is 11.4. The number of thiol groups is 1. The van der Waals surface area contributed by atoms with Crippen LogP contribution in [0.25, 0.3) is 0 Å². The van der Waals surface area contributed by atoms with Crippen LogP contribution in [-0.2, 0) is 22.4 Å². The van der Waals surface area contributed by atoms with Crippen LogP contribution in [0.4, 0.5) is 0 Å². The topological polar surface area (TPSA) is 52.3 Å². The van der Waals surface area contributed by atoms with E-state index in [1.54, 1.807) is 0 Å². The average Bonchev–Trinajstić information content (AvgIpc) is 2.67. The molecule has 0 radical (unpaired) electrons. The van der Waals surface area contributed by atoms with Gasteiger partial charge in [-0.25, -0.2) is 0 Å². The van der Waals surface area contributed by atoms with Crippen LogP contribution in [0.3, 0.4) is 0 Å². The molecule has 0 fully saturated rings. The Morgan fingerprint density at radius 1 is 0.923 bits per heavy atom. The van der Waals surface area contributed by atoms with Crippen LogP contribution < -0.4 is 5.73 Å². The maximum absolute atomic E-state index is 11.4. The van der Waals surface area contributed by atoms with Crippen molar-refractivity contribution >= 4 is 18.6 Å². The summed E-state index contributed by atoms with van der Waals surface area (Å²) in [6, 6.07) is 8.48. The molecule has 1 rings (SSSR count). The minimum atomic E-state index is -0.604. The summed E-state index contributed by atoms with van der Waals surface area (Å²) in [5, 5.41) is 0. The fourth-order valence-electron chi connectivity index (χ4n) is 2.94. The van der Waals surface area contributed by atoms with E-state index in [4.69, 9.17) is 10.5 Å². The third kappa shape index (κ3) is 10.9. The Morgan fingerprint density at radius 2 is 1.42 bits per heavy atom. The summed E-state index contributed by atoms with van der Waals surface area (Å²) in [6.45, 7) is 2.72. The molecule has 1 aromatic carbocycles. The minimum absolute atomic E-state index is 0.327. The van der Waals surface area contributed by atoms with Crippen molar-refractivity contribution in [1.82, 2.24) is 0 Å². The summed E-state index contributed by atoms with van der Waals surface area (Å²) < 4.78 is 5.12. The monoisotopic (exact) mass is 379 g/mol. The van der Waals surface area contributed by atoms with Gasteiger partial charge in [-0.2, -0.15) is 12.6 Å². The Labute approximate surface area is 165 Å². The zero-order valence-electron chi connectivity index (χ0n) is 16.4. The molecule has 0 aliphatic carbocycles. The molecule has 0 heterocycles. The fourth-order valence-corrected chi connectivity index (χ4v) is 3.09. The lowest BCUT2D eigenvalue weighted by molar-refractivity contribution is -0.144. The highest BCUT2D eigenvalue weighted by Gasteiger charge is 2.11. The van der Waals surface area contributed by atoms with Crippen LogP contribution in [0.1, 0.15) is 75.8 Å². The zero-order chi connectivity index (χ0) is 19.0. The molecule has 3 nitrogen and oxygen atoms in total. The molecule has 0 amide bonds. The van der Waals surface area contributed by atoms with Gasteiger partial charge in [0, 0.05) is 5.75 Å². The third-order valence-corrected chi connectivity index (χ3v) is 5.09. The minimum Gasteiger partial charge on any atom is -0.465 e. The van der Waals surface area contributed by atoms with Gasteiger partial charge in [-0.15, -0.1) is 0 Å². The number of esters is 1. The van der Waals surface area contributed by atoms with E-state index in [1.165, 1.54) is 56.1 Å². The van der Waals surface area contributed by atoms with Crippen molar-refractivity contribution in [3.63, 3.8) is 0 Å². The lowest BCUT2D eigenvalue weighted by Gasteiger charge is -2.09. The first-order valence-electron chi connectivity index (χ1n) is 10.3. The first-order chi connectivity index (χ1) is 12.7. The number of carbonyl (C=O) groups excluding carboxylic acids is 1. The summed E-state index contributed by atoms with van der Waals surface area (Å²) in [6.07, 6.45) is 13.5. The Kier molecular flexibility index (Phi) is 13.4. The zero-order valence-corrected chi connectivity index (χ0v) is 17.3. The second kappa shape index (κ2) is 15.1. The lowest BCUT2D eigenvalue weighted by atomic mass is 10.0. The molecule has 0 bridgehead atoms. The van der Waals surface area contributed by atoms with Gasteiger partial charge in [0.15, 0.2) is 0 Å². The molecule has 0 saturated carbocycles. The summed E-state index contributed by atoms with van der Waals surface area (Å²) in [5.41, 5.74) is 8.40. The predicted molar refractivity (Wildman–Crippen MR) is 114 cm³/mol. The molecule has 1 aromatic rings. The average molecular weight is 380 g/mol.